The Balaban J connectivity index is 3.13. The highest BCUT2D eigenvalue weighted by Crippen LogP contribution is 2.25. The number of anilines is 1. The van der Waals surface area contributed by atoms with E-state index < -0.39 is 0 Å². The molecule has 0 spiro atoms. The lowest BCUT2D eigenvalue weighted by molar-refractivity contribution is 0.417. The summed E-state index contributed by atoms with van der Waals surface area (Å²) in [5.74, 6) is 0.667. The average molecular weight is 175 g/mol. The van der Waals surface area contributed by atoms with Crippen LogP contribution in [0.2, 0.25) is 0 Å². The molecule has 2 N–H and O–H groups in total. The smallest absolute Gasteiger partial charge is 0.142 e. The number of nitrogen functional groups attached to an aromatic ring is 1. The molecule has 0 aliphatic heterocycles. The highest BCUT2D eigenvalue weighted by atomic mass is 16.5. The molecule has 0 bridgehead atoms. The van der Waals surface area contributed by atoms with Gasteiger partial charge in [0.2, 0.25) is 0 Å². The highest BCUT2D eigenvalue weighted by molar-refractivity contribution is 5.74. The van der Waals surface area contributed by atoms with Crippen molar-refractivity contribution >= 4 is 11.3 Å². The van der Waals surface area contributed by atoms with Crippen LogP contribution in [0, 0.1) is 0 Å². The number of methoxy groups -OCH3 is 1. The van der Waals surface area contributed by atoms with Crippen molar-refractivity contribution in [2.45, 2.75) is 0 Å². The largest absolute Gasteiger partial charge is 0.495 e. The first-order valence-corrected chi connectivity index (χ1v) is 3.94. The van der Waals surface area contributed by atoms with Crippen LogP contribution < -0.4 is 10.5 Å². The molecule has 1 aromatic carbocycles. The average Bonchev–Trinajstić information content (AvgIpc) is 2.17. The molecule has 0 amide bonds. The molecule has 0 atom stereocenters. The van der Waals surface area contributed by atoms with Gasteiger partial charge >= 0.3 is 0 Å². The third-order valence-electron chi connectivity index (χ3n) is 1.85. The summed E-state index contributed by atoms with van der Waals surface area (Å²) in [6.45, 7) is 7.48. The van der Waals surface area contributed by atoms with Crippen molar-refractivity contribution in [2.24, 2.45) is 0 Å². The lowest BCUT2D eigenvalue weighted by Gasteiger charge is -2.06. The first-order chi connectivity index (χ1) is 6.19. The minimum absolute atomic E-state index is 0.628. The SMILES string of the molecule is C=CC(=C)c1ccc(N)c(OC)c1. The second kappa shape index (κ2) is 3.81. The Labute approximate surface area is 78.3 Å². The van der Waals surface area contributed by atoms with Gasteiger partial charge in [-0.3, -0.25) is 0 Å². The van der Waals surface area contributed by atoms with E-state index >= 15 is 0 Å². The lowest BCUT2D eigenvalue weighted by Crippen LogP contribution is -1.93. The zero-order valence-electron chi connectivity index (χ0n) is 7.71. The Morgan fingerprint density at radius 1 is 1.54 bits per heavy atom. The molecule has 0 saturated carbocycles. The van der Waals surface area contributed by atoms with Gasteiger partial charge < -0.3 is 10.5 Å². The van der Waals surface area contributed by atoms with E-state index in [2.05, 4.69) is 13.2 Å². The zero-order chi connectivity index (χ0) is 9.84. The summed E-state index contributed by atoms with van der Waals surface area (Å²) in [5.41, 5.74) is 8.12. The first kappa shape index (κ1) is 9.39. The van der Waals surface area contributed by atoms with Crippen LogP contribution in [0.1, 0.15) is 5.56 Å². The molecule has 0 saturated heterocycles. The van der Waals surface area contributed by atoms with E-state index in [9.17, 15) is 0 Å². The molecular formula is C11H13NO. The molecule has 1 aromatic rings. The molecule has 0 radical (unpaired) electrons. The van der Waals surface area contributed by atoms with Crippen molar-refractivity contribution in [1.29, 1.82) is 0 Å². The highest BCUT2D eigenvalue weighted by Gasteiger charge is 2.01. The van der Waals surface area contributed by atoms with Crippen molar-refractivity contribution in [3.05, 3.63) is 43.0 Å². The maximum absolute atomic E-state index is 5.66. The fourth-order valence-corrected chi connectivity index (χ4v) is 1.03. The van der Waals surface area contributed by atoms with Gasteiger partial charge in [-0.1, -0.05) is 25.3 Å². The van der Waals surface area contributed by atoms with Gasteiger partial charge in [-0.05, 0) is 23.3 Å². The number of ether oxygens (including phenoxy) is 1. The maximum atomic E-state index is 5.66. The first-order valence-electron chi connectivity index (χ1n) is 3.94. The van der Waals surface area contributed by atoms with E-state index in [1.807, 2.05) is 12.1 Å². The Kier molecular flexibility index (Phi) is 2.75. The van der Waals surface area contributed by atoms with Crippen LogP contribution in [0.5, 0.6) is 5.75 Å². The Hall–Kier alpha value is -1.70. The van der Waals surface area contributed by atoms with Crippen LogP contribution in [-0.4, -0.2) is 7.11 Å². The summed E-state index contributed by atoms with van der Waals surface area (Å²) in [5, 5.41) is 0. The van der Waals surface area contributed by atoms with Crippen LogP contribution in [0.25, 0.3) is 5.57 Å². The maximum Gasteiger partial charge on any atom is 0.142 e. The van der Waals surface area contributed by atoms with Crippen molar-refractivity contribution < 1.29 is 4.74 Å². The van der Waals surface area contributed by atoms with Crippen LogP contribution in [0.4, 0.5) is 5.69 Å². The summed E-state index contributed by atoms with van der Waals surface area (Å²) in [6, 6.07) is 5.53. The number of benzene rings is 1. The Bertz CT molecular complexity index is 342. The summed E-state index contributed by atoms with van der Waals surface area (Å²) in [7, 11) is 1.59. The van der Waals surface area contributed by atoms with Crippen LogP contribution in [0.3, 0.4) is 0 Å². The predicted octanol–water partition coefficient (Wildman–Crippen LogP) is 2.48. The number of hydrogen-bond donors (Lipinski definition) is 1. The minimum atomic E-state index is 0.628. The quantitative estimate of drug-likeness (QED) is 0.565. The second-order valence-corrected chi connectivity index (χ2v) is 2.69. The van der Waals surface area contributed by atoms with Crippen LogP contribution in [0.15, 0.2) is 37.4 Å². The van der Waals surface area contributed by atoms with Gasteiger partial charge in [0, 0.05) is 0 Å². The molecule has 0 aliphatic carbocycles. The summed E-state index contributed by atoms with van der Waals surface area (Å²) < 4.78 is 5.08. The summed E-state index contributed by atoms with van der Waals surface area (Å²) in [6.07, 6.45) is 1.70. The Morgan fingerprint density at radius 2 is 2.23 bits per heavy atom. The van der Waals surface area contributed by atoms with Crippen LogP contribution in [-0.2, 0) is 0 Å². The second-order valence-electron chi connectivity index (χ2n) is 2.69. The molecule has 68 valence electrons. The minimum Gasteiger partial charge on any atom is -0.495 e. The van der Waals surface area contributed by atoms with Gasteiger partial charge in [-0.25, -0.2) is 0 Å². The number of allylic oxidation sites excluding steroid dienone is 2. The Morgan fingerprint density at radius 3 is 2.77 bits per heavy atom. The number of hydrogen-bond acceptors (Lipinski definition) is 2. The predicted molar refractivity (Wildman–Crippen MR) is 56.6 cm³/mol. The molecule has 1 rings (SSSR count). The number of rotatable bonds is 3. The monoisotopic (exact) mass is 175 g/mol. The van der Waals surface area contributed by atoms with E-state index in [1.165, 1.54) is 0 Å². The van der Waals surface area contributed by atoms with Crippen molar-refractivity contribution in [3.63, 3.8) is 0 Å². The molecule has 2 nitrogen and oxygen atoms in total. The lowest BCUT2D eigenvalue weighted by atomic mass is 10.1. The van der Waals surface area contributed by atoms with Crippen molar-refractivity contribution in [2.75, 3.05) is 12.8 Å². The summed E-state index contributed by atoms with van der Waals surface area (Å²) in [4.78, 5) is 0. The van der Waals surface area contributed by atoms with Crippen LogP contribution >= 0.6 is 0 Å². The van der Waals surface area contributed by atoms with Crippen molar-refractivity contribution in [1.82, 2.24) is 0 Å². The van der Waals surface area contributed by atoms with E-state index in [0.717, 1.165) is 11.1 Å². The molecule has 2 heteroatoms. The summed E-state index contributed by atoms with van der Waals surface area (Å²) >= 11 is 0. The third kappa shape index (κ3) is 1.90. The zero-order valence-corrected chi connectivity index (χ0v) is 7.71. The fourth-order valence-electron chi connectivity index (χ4n) is 1.03. The molecule has 0 unspecified atom stereocenters. The standard InChI is InChI=1S/C11H13NO/c1-4-8(2)9-5-6-10(12)11(7-9)13-3/h4-7H,1-2,12H2,3H3. The van der Waals surface area contributed by atoms with Crippen molar-refractivity contribution in [3.8, 4) is 5.75 Å². The van der Waals surface area contributed by atoms with Gasteiger partial charge in [0.15, 0.2) is 0 Å². The normalized spacial score (nSPS) is 9.31. The topological polar surface area (TPSA) is 35.2 Å². The molecule has 0 aliphatic rings. The van der Waals surface area contributed by atoms with E-state index in [0.29, 0.717) is 11.4 Å². The van der Waals surface area contributed by atoms with Gasteiger partial charge in [0.25, 0.3) is 0 Å². The number of nitrogens with two attached hydrogens (primary N) is 1. The van der Waals surface area contributed by atoms with E-state index in [1.54, 1.807) is 19.3 Å². The van der Waals surface area contributed by atoms with Gasteiger partial charge in [-0.2, -0.15) is 0 Å². The van der Waals surface area contributed by atoms with Gasteiger partial charge in [0.05, 0.1) is 12.8 Å². The van der Waals surface area contributed by atoms with Gasteiger partial charge in [0.1, 0.15) is 5.75 Å². The van der Waals surface area contributed by atoms with E-state index in [4.69, 9.17) is 10.5 Å². The molecule has 0 aromatic heterocycles. The molecule has 13 heavy (non-hydrogen) atoms. The third-order valence-corrected chi connectivity index (χ3v) is 1.85. The molecule has 0 heterocycles. The van der Waals surface area contributed by atoms with E-state index in [-0.39, 0.29) is 0 Å². The molecular weight excluding hydrogens is 162 g/mol. The molecule has 0 fully saturated rings. The van der Waals surface area contributed by atoms with Gasteiger partial charge in [-0.15, -0.1) is 0 Å². The fraction of sp³-hybridized carbons (Fsp3) is 0.0909.